The molecule has 16 heavy (non-hydrogen) atoms. The van der Waals surface area contributed by atoms with Gasteiger partial charge in [-0.3, -0.25) is 15.3 Å². The molecule has 0 bridgehead atoms. The van der Waals surface area contributed by atoms with E-state index in [2.05, 4.69) is 10.5 Å². The number of aliphatic hydroxyl groups is 2. The quantitative estimate of drug-likeness (QED) is 0.547. The van der Waals surface area contributed by atoms with Crippen molar-refractivity contribution in [3.05, 3.63) is 29.6 Å². The summed E-state index contributed by atoms with van der Waals surface area (Å²) in [7, 11) is 0. The summed E-state index contributed by atoms with van der Waals surface area (Å²) in [4.78, 5) is 8.82. The van der Waals surface area contributed by atoms with Crippen molar-refractivity contribution in [1.29, 1.82) is 0 Å². The van der Waals surface area contributed by atoms with E-state index < -0.39 is 6.10 Å². The molecule has 1 unspecified atom stereocenters. The average Bonchev–Trinajstić information content (AvgIpc) is 2.72. The van der Waals surface area contributed by atoms with Gasteiger partial charge in [0.1, 0.15) is 11.9 Å². The zero-order chi connectivity index (χ0) is 11.5. The Labute approximate surface area is 91.8 Å². The van der Waals surface area contributed by atoms with E-state index in [0.29, 0.717) is 16.8 Å². The molecule has 0 aliphatic carbocycles. The van der Waals surface area contributed by atoms with Crippen molar-refractivity contribution in [2.45, 2.75) is 6.10 Å². The Morgan fingerprint density at radius 3 is 2.88 bits per heavy atom. The van der Waals surface area contributed by atoms with Gasteiger partial charge < -0.3 is 15.3 Å². The fourth-order valence-electron chi connectivity index (χ4n) is 1.58. The first-order valence-electron chi connectivity index (χ1n) is 4.77. The lowest BCUT2D eigenvalue weighted by Crippen LogP contribution is -2.19. The summed E-state index contributed by atoms with van der Waals surface area (Å²) in [6, 6.07) is 1.59. The smallest absolute Gasteiger partial charge is 0.143 e. The maximum atomic E-state index is 9.61. The van der Waals surface area contributed by atoms with Gasteiger partial charge in [0.25, 0.3) is 0 Å². The van der Waals surface area contributed by atoms with Crippen molar-refractivity contribution in [3.63, 3.8) is 0 Å². The number of nitrogens with one attached hydrogen (secondary N) is 1. The number of hydrogen-bond acceptors (Lipinski definition) is 6. The van der Waals surface area contributed by atoms with Gasteiger partial charge in [-0.25, -0.2) is 0 Å². The normalized spacial score (nSPS) is 20.0. The summed E-state index contributed by atoms with van der Waals surface area (Å²) in [5, 5.41) is 27.8. The van der Waals surface area contributed by atoms with Crippen LogP contribution in [0.1, 0.15) is 5.56 Å². The minimum atomic E-state index is -0.590. The summed E-state index contributed by atoms with van der Waals surface area (Å²) in [6.45, 7) is -0.492. The van der Waals surface area contributed by atoms with E-state index in [1.807, 2.05) is 0 Å². The molecule has 86 valence electrons. The van der Waals surface area contributed by atoms with Crippen molar-refractivity contribution in [2.24, 2.45) is 0 Å². The van der Waals surface area contributed by atoms with Crippen LogP contribution in [-0.2, 0) is 4.84 Å². The summed E-state index contributed by atoms with van der Waals surface area (Å²) < 4.78 is 0. The molecule has 0 aromatic carbocycles. The molecule has 0 fully saturated rings. The number of nitrogens with zero attached hydrogens (tertiary/aromatic N) is 1. The van der Waals surface area contributed by atoms with Crippen LogP contribution >= 0.6 is 0 Å². The van der Waals surface area contributed by atoms with Crippen LogP contribution in [0.25, 0.3) is 5.70 Å². The molecular weight excluding hydrogens is 212 g/mol. The Morgan fingerprint density at radius 2 is 2.25 bits per heavy atom. The van der Waals surface area contributed by atoms with Crippen LogP contribution in [-0.4, -0.2) is 39.6 Å². The van der Waals surface area contributed by atoms with Crippen LogP contribution < -0.4 is 5.48 Å². The highest BCUT2D eigenvalue weighted by Gasteiger charge is 2.27. The van der Waals surface area contributed by atoms with Crippen molar-refractivity contribution < 1.29 is 20.2 Å². The zero-order valence-corrected chi connectivity index (χ0v) is 8.42. The van der Waals surface area contributed by atoms with Crippen LogP contribution in [0.3, 0.4) is 0 Å². The fourth-order valence-corrected chi connectivity index (χ4v) is 1.58. The number of rotatable bonds is 3. The number of hydrogen-bond donors (Lipinski definition) is 4. The van der Waals surface area contributed by atoms with Crippen LogP contribution in [0.4, 0.5) is 0 Å². The highest BCUT2D eigenvalue weighted by atomic mass is 16.7. The Bertz CT molecular complexity index is 419. The topological polar surface area (TPSA) is 94.8 Å². The van der Waals surface area contributed by atoms with Crippen LogP contribution in [0, 0.1) is 0 Å². The lowest BCUT2D eigenvalue weighted by atomic mass is 10.0. The Balaban J connectivity index is 2.43. The van der Waals surface area contributed by atoms with Crippen molar-refractivity contribution in [3.8, 4) is 5.75 Å². The number of aromatic nitrogens is 1. The highest BCUT2D eigenvalue weighted by molar-refractivity contribution is 5.72. The first-order valence-corrected chi connectivity index (χ1v) is 4.77. The van der Waals surface area contributed by atoms with Crippen molar-refractivity contribution in [1.82, 2.24) is 10.5 Å². The lowest BCUT2D eigenvalue weighted by molar-refractivity contribution is 0.00912. The van der Waals surface area contributed by atoms with Gasteiger partial charge in [0.2, 0.25) is 0 Å². The molecule has 6 nitrogen and oxygen atoms in total. The third-order valence-electron chi connectivity index (χ3n) is 2.42. The molecule has 1 aliphatic heterocycles. The van der Waals surface area contributed by atoms with Gasteiger partial charge in [-0.15, -0.1) is 0 Å². The molecule has 2 rings (SSSR count). The summed E-state index contributed by atoms with van der Waals surface area (Å²) >= 11 is 0. The third-order valence-corrected chi connectivity index (χ3v) is 2.42. The molecule has 4 N–H and O–H groups in total. The zero-order valence-electron chi connectivity index (χ0n) is 8.42. The van der Waals surface area contributed by atoms with Gasteiger partial charge in [-0.05, 0) is 6.07 Å². The van der Waals surface area contributed by atoms with Gasteiger partial charge in [-0.1, -0.05) is 0 Å². The molecule has 2 heterocycles. The van der Waals surface area contributed by atoms with Gasteiger partial charge >= 0.3 is 0 Å². The number of aromatic hydroxyl groups is 1. The molecule has 0 saturated heterocycles. The molecule has 0 spiro atoms. The summed E-state index contributed by atoms with van der Waals surface area (Å²) in [6.07, 6.45) is 2.23. The van der Waals surface area contributed by atoms with Gasteiger partial charge in [0, 0.05) is 17.3 Å². The van der Waals surface area contributed by atoms with E-state index in [1.54, 1.807) is 6.07 Å². The summed E-state index contributed by atoms with van der Waals surface area (Å²) in [5.41, 5.74) is 4.05. The molecule has 0 amide bonds. The Morgan fingerprint density at radius 1 is 1.44 bits per heavy atom. The van der Waals surface area contributed by atoms with E-state index in [4.69, 9.17) is 9.94 Å². The number of aliphatic hydroxyl groups excluding tert-OH is 2. The molecule has 1 atom stereocenters. The number of pyridine rings is 1. The minimum Gasteiger partial charge on any atom is -0.506 e. The average molecular weight is 224 g/mol. The Kier molecular flexibility index (Phi) is 3.04. The van der Waals surface area contributed by atoms with Crippen molar-refractivity contribution >= 4 is 5.70 Å². The lowest BCUT2D eigenvalue weighted by Gasteiger charge is -2.06. The minimum absolute atomic E-state index is 0.0156. The summed E-state index contributed by atoms with van der Waals surface area (Å²) in [5.74, 6) is -0.0156. The largest absolute Gasteiger partial charge is 0.506 e. The maximum Gasteiger partial charge on any atom is 0.143 e. The van der Waals surface area contributed by atoms with Crippen molar-refractivity contribution in [2.75, 3.05) is 13.2 Å². The maximum absolute atomic E-state index is 9.61. The second-order valence-electron chi connectivity index (χ2n) is 3.34. The van der Waals surface area contributed by atoms with E-state index in [9.17, 15) is 10.2 Å². The predicted octanol–water partition coefficient (Wildman–Crippen LogP) is -0.614. The fraction of sp³-hybridized carbons (Fsp3) is 0.300. The van der Waals surface area contributed by atoms with E-state index in [-0.39, 0.29) is 19.0 Å². The molecule has 1 aromatic rings. The van der Waals surface area contributed by atoms with E-state index >= 15 is 0 Å². The first-order chi connectivity index (χ1) is 7.77. The van der Waals surface area contributed by atoms with Crippen LogP contribution in [0.15, 0.2) is 24.0 Å². The third kappa shape index (κ3) is 1.73. The van der Waals surface area contributed by atoms with E-state index in [0.717, 1.165) is 0 Å². The molecular formula is C10H12N2O4. The van der Waals surface area contributed by atoms with Gasteiger partial charge in [-0.2, -0.15) is 0 Å². The first kappa shape index (κ1) is 10.9. The van der Waals surface area contributed by atoms with Crippen LogP contribution in [0.5, 0.6) is 5.75 Å². The number of hydroxylamine groups is 1. The highest BCUT2D eigenvalue weighted by Crippen LogP contribution is 2.29. The molecule has 6 heteroatoms. The standard InChI is InChI=1S/C10H12N2O4/c13-4-7-9(5-14)16-12-10(7)6-1-2-11-3-8(6)15/h1-3,9,12-15H,4-5H2. The molecule has 0 radical (unpaired) electrons. The van der Waals surface area contributed by atoms with Gasteiger partial charge in [0.05, 0.1) is 25.1 Å². The van der Waals surface area contributed by atoms with Crippen LogP contribution in [0.2, 0.25) is 0 Å². The molecule has 1 aromatic heterocycles. The monoisotopic (exact) mass is 224 g/mol. The molecule has 1 aliphatic rings. The second kappa shape index (κ2) is 4.48. The molecule has 0 saturated carbocycles. The SMILES string of the molecule is OCC1=C(c2ccncc2O)NOC1CO. The second-order valence-corrected chi connectivity index (χ2v) is 3.34. The predicted molar refractivity (Wildman–Crippen MR) is 55.0 cm³/mol. The Hall–Kier alpha value is -1.63. The van der Waals surface area contributed by atoms with Gasteiger partial charge in [0.15, 0.2) is 0 Å². The van der Waals surface area contributed by atoms with E-state index in [1.165, 1.54) is 12.4 Å².